The molecule has 1 amide bonds. The van der Waals surface area contributed by atoms with Crippen LogP contribution in [0, 0.1) is 0 Å². The summed E-state index contributed by atoms with van der Waals surface area (Å²) in [6.07, 6.45) is 9.65. The van der Waals surface area contributed by atoms with Crippen molar-refractivity contribution < 1.29 is 13.2 Å². The molecule has 3 aromatic rings. The summed E-state index contributed by atoms with van der Waals surface area (Å²) in [6, 6.07) is 15.1. The summed E-state index contributed by atoms with van der Waals surface area (Å²) in [4.78, 5) is 21.9. The number of anilines is 1. The molecule has 5 rings (SSSR count). The maximum Gasteiger partial charge on any atom is 0.285 e. The minimum Gasteiger partial charge on any atom is -0.368 e. The van der Waals surface area contributed by atoms with Gasteiger partial charge in [0, 0.05) is 59.9 Å². The lowest BCUT2D eigenvalue weighted by atomic mass is 10.1. The van der Waals surface area contributed by atoms with Crippen molar-refractivity contribution in [3.63, 3.8) is 0 Å². The molecule has 11 heteroatoms. The van der Waals surface area contributed by atoms with Crippen LogP contribution in [0.25, 0.3) is 16.9 Å². The van der Waals surface area contributed by atoms with Gasteiger partial charge in [-0.05, 0) is 48.9 Å². The Morgan fingerprint density at radius 1 is 1.05 bits per heavy atom. The van der Waals surface area contributed by atoms with Crippen molar-refractivity contribution >= 4 is 33.2 Å². The first-order valence-electron chi connectivity index (χ1n) is 12.3. The van der Waals surface area contributed by atoms with E-state index in [1.54, 1.807) is 16.7 Å². The highest BCUT2D eigenvalue weighted by Gasteiger charge is 2.24. The van der Waals surface area contributed by atoms with Crippen molar-refractivity contribution in [2.24, 2.45) is 5.73 Å². The molecule has 2 aliphatic rings. The fraction of sp³-hybridized carbons (Fsp3) is 0.259. The number of imidazole rings is 1. The highest BCUT2D eigenvalue weighted by molar-refractivity contribution is 7.89. The number of carbonyl (C=O) groups is 1. The molecule has 0 radical (unpaired) electrons. The number of hydrogen-bond donors (Lipinski definition) is 2. The molecule has 2 heterocycles. The average Bonchev–Trinajstić information content (AvgIpc) is 3.34. The maximum atomic E-state index is 12.9. The molecule has 1 fully saturated rings. The van der Waals surface area contributed by atoms with Crippen LogP contribution >= 0.6 is 11.6 Å². The number of rotatable bonds is 6. The topological polar surface area (TPSA) is 114 Å². The number of piperazine rings is 1. The molecule has 1 unspecified atom stereocenters. The first kappa shape index (κ1) is 26.0. The fourth-order valence-electron chi connectivity index (χ4n) is 4.74. The first-order chi connectivity index (χ1) is 18.2. The van der Waals surface area contributed by atoms with Crippen LogP contribution in [0.1, 0.15) is 16.9 Å². The molecule has 1 atom stereocenters. The van der Waals surface area contributed by atoms with Gasteiger partial charge in [-0.2, -0.15) is 0 Å². The van der Waals surface area contributed by atoms with Crippen LogP contribution in [0.2, 0.25) is 5.02 Å². The van der Waals surface area contributed by atoms with Crippen molar-refractivity contribution in [2.75, 3.05) is 37.3 Å². The Kier molecular flexibility index (Phi) is 7.29. The van der Waals surface area contributed by atoms with Gasteiger partial charge < -0.3 is 15.5 Å². The van der Waals surface area contributed by atoms with E-state index in [1.807, 2.05) is 47.2 Å². The van der Waals surface area contributed by atoms with E-state index in [2.05, 4.69) is 26.9 Å². The van der Waals surface area contributed by atoms with Gasteiger partial charge in [-0.25, -0.2) is 18.1 Å². The summed E-state index contributed by atoms with van der Waals surface area (Å²) in [5.74, 6) is -0.789. The van der Waals surface area contributed by atoms with Gasteiger partial charge in [-0.1, -0.05) is 35.9 Å². The van der Waals surface area contributed by atoms with Crippen LogP contribution in [-0.4, -0.2) is 67.3 Å². The van der Waals surface area contributed by atoms with Gasteiger partial charge in [0.25, 0.3) is 5.91 Å². The summed E-state index contributed by atoms with van der Waals surface area (Å²) in [5.41, 5.74) is 10.2. The van der Waals surface area contributed by atoms with Crippen LogP contribution < -0.4 is 15.4 Å². The molecule has 38 heavy (non-hydrogen) atoms. The molecule has 2 aromatic carbocycles. The molecule has 3 N–H and O–H groups in total. The first-order valence-corrected chi connectivity index (χ1v) is 14.5. The minimum atomic E-state index is -3.77. The molecular weight excluding hydrogens is 524 g/mol. The van der Waals surface area contributed by atoms with Crippen LogP contribution in [0.4, 0.5) is 5.69 Å². The number of carbonyl (C=O) groups excluding carboxylic acids is 1. The van der Waals surface area contributed by atoms with Gasteiger partial charge in [0.05, 0.1) is 11.9 Å². The summed E-state index contributed by atoms with van der Waals surface area (Å²) in [6.45, 7) is 3.41. The van der Waals surface area contributed by atoms with Crippen LogP contribution in [0.5, 0.6) is 0 Å². The Labute approximate surface area is 227 Å². The van der Waals surface area contributed by atoms with E-state index >= 15 is 0 Å². The number of hydrogen-bond acceptors (Lipinski definition) is 7. The second-order valence-corrected chi connectivity index (χ2v) is 11.6. The smallest absolute Gasteiger partial charge is 0.285 e. The van der Waals surface area contributed by atoms with E-state index in [9.17, 15) is 13.2 Å². The van der Waals surface area contributed by atoms with Gasteiger partial charge >= 0.3 is 0 Å². The Morgan fingerprint density at radius 3 is 2.42 bits per heavy atom. The Bertz CT molecular complexity index is 1510. The third-order valence-corrected chi connectivity index (χ3v) is 7.42. The van der Waals surface area contributed by atoms with Gasteiger partial charge in [0.15, 0.2) is 5.69 Å². The predicted molar refractivity (Wildman–Crippen MR) is 150 cm³/mol. The molecule has 0 spiro atoms. The van der Waals surface area contributed by atoms with E-state index in [1.165, 1.54) is 12.0 Å². The number of halogens is 1. The van der Waals surface area contributed by atoms with Gasteiger partial charge in [-0.15, -0.1) is 0 Å². The quantitative estimate of drug-likeness (QED) is 0.483. The molecule has 1 aromatic heterocycles. The Morgan fingerprint density at radius 2 is 1.76 bits per heavy atom. The maximum absolute atomic E-state index is 12.9. The van der Waals surface area contributed by atoms with E-state index in [4.69, 9.17) is 17.3 Å². The van der Waals surface area contributed by atoms with Crippen molar-refractivity contribution in [3.05, 3.63) is 89.5 Å². The Balaban J connectivity index is 1.45. The number of allylic oxidation sites excluding steroid dienone is 1. The lowest BCUT2D eigenvalue weighted by Gasteiger charge is -2.38. The molecule has 9 nitrogen and oxygen atoms in total. The fourth-order valence-corrected chi connectivity index (χ4v) is 5.30. The molecule has 1 aliphatic carbocycles. The zero-order valence-electron chi connectivity index (χ0n) is 20.9. The zero-order chi connectivity index (χ0) is 26.9. The molecule has 1 saturated heterocycles. The van der Waals surface area contributed by atoms with Crippen molar-refractivity contribution in [1.29, 1.82) is 0 Å². The molecule has 198 valence electrons. The second kappa shape index (κ2) is 10.6. The number of nitrogens with two attached hydrogens (primary N) is 1. The van der Waals surface area contributed by atoms with Crippen LogP contribution in [0.3, 0.4) is 0 Å². The average molecular weight is 553 g/mol. The highest BCUT2D eigenvalue weighted by atomic mass is 35.5. The molecule has 0 saturated carbocycles. The monoisotopic (exact) mass is 552 g/mol. The third kappa shape index (κ3) is 5.77. The van der Waals surface area contributed by atoms with Gasteiger partial charge in [0.1, 0.15) is 6.33 Å². The van der Waals surface area contributed by atoms with Crippen LogP contribution in [-0.2, 0) is 10.0 Å². The summed E-state index contributed by atoms with van der Waals surface area (Å²) in [7, 11) is -3.77. The lowest BCUT2D eigenvalue weighted by molar-refractivity contribution is 0.0978. The highest BCUT2D eigenvalue weighted by Crippen LogP contribution is 2.31. The predicted octanol–water partition coefficient (Wildman–Crippen LogP) is 3.18. The van der Waals surface area contributed by atoms with Gasteiger partial charge in [0.2, 0.25) is 10.0 Å². The van der Waals surface area contributed by atoms with Crippen molar-refractivity contribution in [1.82, 2.24) is 19.2 Å². The number of nitrogens with one attached hydrogen (secondary N) is 1. The van der Waals surface area contributed by atoms with Crippen molar-refractivity contribution in [2.45, 2.75) is 12.5 Å². The third-order valence-electron chi connectivity index (χ3n) is 6.61. The summed E-state index contributed by atoms with van der Waals surface area (Å²) < 4.78 is 27.4. The lowest BCUT2D eigenvalue weighted by Crippen LogP contribution is -2.46. The minimum absolute atomic E-state index is 0.0153. The molecular formula is C27H29ClN6O3S. The number of nitrogens with zero attached hydrogens (tertiary/aromatic N) is 4. The molecule has 0 bridgehead atoms. The number of benzene rings is 2. The summed E-state index contributed by atoms with van der Waals surface area (Å²) >= 11 is 6.08. The second-order valence-electron chi connectivity index (χ2n) is 9.40. The normalized spacial score (nSPS) is 17.9. The van der Waals surface area contributed by atoms with E-state index in [-0.39, 0.29) is 11.7 Å². The van der Waals surface area contributed by atoms with Crippen LogP contribution in [0.15, 0.2) is 78.8 Å². The zero-order valence-corrected chi connectivity index (χ0v) is 22.5. The molecule has 1 aliphatic heterocycles. The largest absolute Gasteiger partial charge is 0.368 e. The number of sulfonamides is 1. The number of aromatic nitrogens is 2. The van der Waals surface area contributed by atoms with E-state index in [0.29, 0.717) is 10.7 Å². The number of amides is 1. The Hall–Kier alpha value is -3.60. The van der Waals surface area contributed by atoms with E-state index < -0.39 is 15.9 Å². The standard InChI is InChI=1S/C27H29ClN6O3S/c1-38(36,37)31-27(35)25-26(34(18-30-25)23-9-5-20(28)6-10-23)19-3-2-4-24(17-19)33-15-13-32(14-16-33)22-11-7-21(29)8-12-22/h2-7,9-12,17-18,21H,8,13-16,29H2,1H3,(H,31,35). The van der Waals surface area contributed by atoms with E-state index in [0.717, 1.165) is 55.8 Å². The van der Waals surface area contributed by atoms with Gasteiger partial charge in [-0.3, -0.25) is 9.36 Å². The summed E-state index contributed by atoms with van der Waals surface area (Å²) in [5, 5.41) is 0.578. The SMILES string of the molecule is CS(=O)(=O)NC(=O)c1ncn(-c2ccc(Cl)cc2)c1-c1cccc(N2CCN(C3=CCC(N)C=C3)CC2)c1. The van der Waals surface area contributed by atoms with Crippen molar-refractivity contribution in [3.8, 4) is 16.9 Å².